The number of carbonyl (C=O) groups excluding carboxylic acids is 2. The predicted molar refractivity (Wildman–Crippen MR) is 115 cm³/mol. The fourth-order valence-electron chi connectivity index (χ4n) is 3.51. The van der Waals surface area contributed by atoms with E-state index in [1.54, 1.807) is 7.11 Å². The van der Waals surface area contributed by atoms with Crippen molar-refractivity contribution in [3.63, 3.8) is 0 Å². The molecule has 11 nitrogen and oxygen atoms in total. The van der Waals surface area contributed by atoms with Crippen molar-refractivity contribution in [2.75, 3.05) is 37.1 Å². The number of nitrogens with zero attached hydrogens (tertiary/aromatic N) is 5. The van der Waals surface area contributed by atoms with Gasteiger partial charge in [-0.15, -0.1) is 0 Å². The maximum absolute atomic E-state index is 12.7. The van der Waals surface area contributed by atoms with Crippen molar-refractivity contribution in [2.24, 2.45) is 5.92 Å². The van der Waals surface area contributed by atoms with Gasteiger partial charge in [0.25, 0.3) is 0 Å². The van der Waals surface area contributed by atoms with Crippen LogP contribution in [-0.2, 0) is 20.7 Å². The summed E-state index contributed by atoms with van der Waals surface area (Å²) in [4.78, 5) is 38.8. The van der Waals surface area contributed by atoms with Crippen molar-refractivity contribution in [1.29, 1.82) is 0 Å². The van der Waals surface area contributed by atoms with Crippen LogP contribution in [-0.4, -0.2) is 70.4 Å². The molecule has 1 fully saturated rings. The normalized spacial score (nSPS) is 17.2. The van der Waals surface area contributed by atoms with E-state index in [0.717, 1.165) is 38.6 Å². The fraction of sp³-hybridized carbons (Fsp3) is 0.750. The molecule has 0 aliphatic carbocycles. The summed E-state index contributed by atoms with van der Waals surface area (Å²) < 4.78 is 5.48. The molecule has 11 heteroatoms. The highest BCUT2D eigenvalue weighted by Crippen LogP contribution is 2.19. The van der Waals surface area contributed by atoms with Crippen molar-refractivity contribution >= 4 is 24.2 Å². The van der Waals surface area contributed by atoms with E-state index in [1.165, 1.54) is 0 Å². The maximum Gasteiger partial charge on any atom is 0.246 e. The van der Waals surface area contributed by atoms with Crippen molar-refractivity contribution in [3.05, 3.63) is 5.82 Å². The Morgan fingerprint density at radius 1 is 1.35 bits per heavy atom. The summed E-state index contributed by atoms with van der Waals surface area (Å²) in [5, 5.41) is 10.0. The van der Waals surface area contributed by atoms with Gasteiger partial charge in [-0.25, -0.2) is 5.06 Å². The molecule has 3 N–H and O–H groups in total. The van der Waals surface area contributed by atoms with E-state index in [9.17, 15) is 14.8 Å². The molecule has 2 amide bonds. The molecule has 0 spiro atoms. The van der Waals surface area contributed by atoms with Crippen molar-refractivity contribution in [1.82, 2.24) is 25.4 Å². The molecule has 2 rings (SSSR count). The predicted octanol–water partition coefficient (Wildman–Crippen LogP) is 1.54. The van der Waals surface area contributed by atoms with Gasteiger partial charge in [-0.1, -0.05) is 33.1 Å². The second-order valence-electron chi connectivity index (χ2n) is 7.71. The first-order chi connectivity index (χ1) is 15.0. The number of carbonyl (C=O) groups is 2. The maximum atomic E-state index is 12.7. The zero-order valence-electron chi connectivity index (χ0n) is 18.7. The van der Waals surface area contributed by atoms with Crippen LogP contribution in [0, 0.1) is 5.92 Å². The summed E-state index contributed by atoms with van der Waals surface area (Å²) in [6.45, 7) is 5.48. The first-order valence-electron chi connectivity index (χ1n) is 11.0. The molecule has 1 unspecified atom stereocenters. The third-order valence-electron chi connectivity index (χ3n) is 5.33. The molecule has 0 bridgehead atoms. The molecule has 0 saturated carbocycles. The van der Waals surface area contributed by atoms with E-state index >= 15 is 0 Å². The lowest BCUT2D eigenvalue weighted by Crippen LogP contribution is -2.42. The Kier molecular flexibility index (Phi) is 10.4. The van der Waals surface area contributed by atoms with Gasteiger partial charge in [0, 0.05) is 26.6 Å². The van der Waals surface area contributed by atoms with Crippen LogP contribution in [0.2, 0.25) is 0 Å². The topological polar surface area (TPSA) is 133 Å². The first-order valence-corrected chi connectivity index (χ1v) is 11.0. The lowest BCUT2D eigenvalue weighted by Gasteiger charge is -2.32. The van der Waals surface area contributed by atoms with Crippen LogP contribution in [0.3, 0.4) is 0 Å². The lowest BCUT2D eigenvalue weighted by molar-refractivity contribution is -0.154. The number of ether oxygens (including phenoxy) is 1. The molecule has 0 aromatic carbocycles. The van der Waals surface area contributed by atoms with Gasteiger partial charge < -0.3 is 9.64 Å². The van der Waals surface area contributed by atoms with Gasteiger partial charge in [0.1, 0.15) is 5.82 Å². The van der Waals surface area contributed by atoms with E-state index < -0.39 is 5.92 Å². The van der Waals surface area contributed by atoms with Gasteiger partial charge in [-0.3, -0.25) is 25.6 Å². The minimum absolute atomic E-state index is 0.0738. The number of aryl methyl sites for hydroxylation is 1. The van der Waals surface area contributed by atoms with E-state index in [2.05, 4.69) is 37.6 Å². The molecular weight excluding hydrogens is 402 g/mol. The Labute approximate surface area is 183 Å². The van der Waals surface area contributed by atoms with Gasteiger partial charge in [-0.2, -0.15) is 15.0 Å². The van der Waals surface area contributed by atoms with E-state index in [4.69, 9.17) is 4.74 Å². The largest absolute Gasteiger partial charge is 0.380 e. The van der Waals surface area contributed by atoms with Gasteiger partial charge in [0.2, 0.25) is 24.2 Å². The highest BCUT2D eigenvalue weighted by atomic mass is 16.5. The smallest absolute Gasteiger partial charge is 0.246 e. The monoisotopic (exact) mass is 437 g/mol. The third-order valence-corrected chi connectivity index (χ3v) is 5.33. The highest BCUT2D eigenvalue weighted by molar-refractivity contribution is 5.80. The molecular formula is C20H35N7O4. The van der Waals surface area contributed by atoms with Crippen molar-refractivity contribution < 1.29 is 19.5 Å². The molecule has 1 aromatic heterocycles. The molecule has 31 heavy (non-hydrogen) atoms. The quantitative estimate of drug-likeness (QED) is 0.182. The molecule has 2 heterocycles. The number of hydrogen-bond donors (Lipinski definition) is 3. The molecule has 1 aliphatic heterocycles. The molecule has 1 saturated heterocycles. The standard InChI is InChI=1S/C20H35N7O4/c1-4-6-7-9-15(12-27(30)14-28)18(29)24-25-19-21-17(5-2)22-20(23-19)26-11-8-10-16(13-26)31-3/h14-16,30H,4-13H2,1-3H3,(H,24,29)(H,21,22,23,25)/t15-,16?/m0/s1. The average molecular weight is 438 g/mol. The number of amides is 2. The number of piperidine rings is 1. The summed E-state index contributed by atoms with van der Waals surface area (Å²) in [6, 6.07) is 0. The average Bonchev–Trinajstić information content (AvgIpc) is 2.81. The highest BCUT2D eigenvalue weighted by Gasteiger charge is 2.24. The summed E-state index contributed by atoms with van der Waals surface area (Å²) in [7, 11) is 1.70. The van der Waals surface area contributed by atoms with E-state index in [1.807, 2.05) is 6.92 Å². The number of nitrogens with one attached hydrogen (secondary N) is 2. The second kappa shape index (κ2) is 13.0. The van der Waals surface area contributed by atoms with Crippen LogP contribution in [0.25, 0.3) is 0 Å². The zero-order chi connectivity index (χ0) is 22.6. The number of unbranched alkanes of at least 4 members (excludes halogenated alkanes) is 2. The first kappa shape index (κ1) is 24.7. The number of aromatic nitrogens is 3. The summed E-state index contributed by atoms with van der Waals surface area (Å²) in [5.74, 6) is 0.522. The molecule has 1 aromatic rings. The Morgan fingerprint density at radius 2 is 2.16 bits per heavy atom. The number of hydrazine groups is 1. The SMILES string of the molecule is CCCCC[C@@H](CN(O)C=O)C(=O)NNc1nc(CC)nc(N2CCCC(OC)C2)n1. The van der Waals surface area contributed by atoms with Crippen LogP contribution >= 0.6 is 0 Å². The molecule has 2 atom stereocenters. The van der Waals surface area contributed by atoms with Gasteiger partial charge in [0.15, 0.2) is 0 Å². The second-order valence-corrected chi connectivity index (χ2v) is 7.71. The molecule has 0 radical (unpaired) electrons. The van der Waals surface area contributed by atoms with Crippen molar-refractivity contribution in [2.45, 2.75) is 64.9 Å². The van der Waals surface area contributed by atoms with Crippen LogP contribution in [0.4, 0.5) is 11.9 Å². The summed E-state index contributed by atoms with van der Waals surface area (Å²) in [5.41, 5.74) is 5.40. The number of hydrogen-bond acceptors (Lipinski definition) is 9. The molecule has 1 aliphatic rings. The Hall–Kier alpha value is -2.53. The van der Waals surface area contributed by atoms with Crippen molar-refractivity contribution in [3.8, 4) is 0 Å². The lowest BCUT2D eigenvalue weighted by atomic mass is 10.0. The summed E-state index contributed by atoms with van der Waals surface area (Å²) >= 11 is 0. The minimum atomic E-state index is -0.550. The summed E-state index contributed by atoms with van der Waals surface area (Å²) in [6.07, 6.45) is 6.41. The molecule has 174 valence electrons. The number of hydroxylamine groups is 2. The van der Waals surface area contributed by atoms with Crippen LogP contribution in [0.5, 0.6) is 0 Å². The number of anilines is 2. The number of rotatable bonds is 13. The Morgan fingerprint density at radius 3 is 2.84 bits per heavy atom. The number of methoxy groups -OCH3 is 1. The van der Waals surface area contributed by atoms with Gasteiger partial charge >= 0.3 is 0 Å². The van der Waals surface area contributed by atoms with E-state index in [-0.39, 0.29) is 24.5 Å². The van der Waals surface area contributed by atoms with E-state index in [0.29, 0.717) is 42.6 Å². The Bertz CT molecular complexity index is 706. The third kappa shape index (κ3) is 7.91. The fourth-order valence-corrected chi connectivity index (χ4v) is 3.51. The van der Waals surface area contributed by atoms with Crippen LogP contribution in [0.1, 0.15) is 58.2 Å². The minimum Gasteiger partial charge on any atom is -0.380 e. The zero-order valence-corrected chi connectivity index (χ0v) is 18.7. The van der Waals surface area contributed by atoms with Gasteiger partial charge in [0.05, 0.1) is 18.6 Å². The van der Waals surface area contributed by atoms with Crippen LogP contribution in [0.15, 0.2) is 0 Å². The Balaban J connectivity index is 2.05. The van der Waals surface area contributed by atoms with Gasteiger partial charge in [-0.05, 0) is 19.3 Å². The van der Waals surface area contributed by atoms with Crippen LogP contribution < -0.4 is 15.8 Å².